The third-order valence-corrected chi connectivity index (χ3v) is 4.36. The quantitative estimate of drug-likeness (QED) is 0.864. The minimum Gasteiger partial charge on any atom is -0.495 e. The van der Waals surface area contributed by atoms with Gasteiger partial charge in [-0.1, -0.05) is 6.07 Å². The third kappa shape index (κ3) is 3.24. The average molecular weight is 343 g/mol. The fourth-order valence-electron chi connectivity index (χ4n) is 2.34. The minimum atomic E-state index is -0.226. The molecule has 5 nitrogen and oxygen atoms in total. The van der Waals surface area contributed by atoms with Crippen LogP contribution in [0, 0.1) is 0 Å². The molecule has 0 unspecified atom stereocenters. The van der Waals surface area contributed by atoms with Gasteiger partial charge in [0.25, 0.3) is 0 Å². The smallest absolute Gasteiger partial charge is 0.319 e. The molecule has 1 aromatic rings. The molecule has 110 valence electrons. The Morgan fingerprint density at radius 1 is 1.40 bits per heavy atom. The summed E-state index contributed by atoms with van der Waals surface area (Å²) in [5.41, 5.74) is 0.457. The second-order valence-corrected chi connectivity index (χ2v) is 5.76. The van der Waals surface area contributed by atoms with Crippen LogP contribution in [0.25, 0.3) is 0 Å². The van der Waals surface area contributed by atoms with Crippen LogP contribution in [-0.2, 0) is 4.74 Å². The van der Waals surface area contributed by atoms with Crippen molar-refractivity contribution in [3.63, 3.8) is 0 Å². The maximum Gasteiger partial charge on any atom is 0.319 e. The molecular formula is C14H19BrN2O3. The number of carbonyl (C=O) groups excluding carboxylic acids is 1. The van der Waals surface area contributed by atoms with E-state index in [0.29, 0.717) is 18.0 Å². The molecule has 1 fully saturated rings. The van der Waals surface area contributed by atoms with Crippen LogP contribution in [0.5, 0.6) is 5.75 Å². The Balaban J connectivity index is 2.01. The van der Waals surface area contributed by atoms with E-state index in [-0.39, 0.29) is 11.6 Å². The number of hydrogen-bond acceptors (Lipinski definition) is 3. The lowest BCUT2D eigenvalue weighted by Crippen LogP contribution is -2.57. The first kappa shape index (κ1) is 15.1. The van der Waals surface area contributed by atoms with Gasteiger partial charge in [0, 0.05) is 7.11 Å². The summed E-state index contributed by atoms with van der Waals surface area (Å²) in [4.78, 5) is 12.1. The Hall–Kier alpha value is -1.27. The molecule has 0 heterocycles. The highest BCUT2D eigenvalue weighted by Crippen LogP contribution is 2.34. The average Bonchev–Trinajstić information content (AvgIpc) is 2.39. The normalized spacial score (nSPS) is 16.1. The molecule has 0 saturated heterocycles. The van der Waals surface area contributed by atoms with E-state index < -0.39 is 0 Å². The van der Waals surface area contributed by atoms with Crippen molar-refractivity contribution in [2.24, 2.45) is 0 Å². The molecule has 2 rings (SSSR count). The lowest BCUT2D eigenvalue weighted by molar-refractivity contribution is 0.0648. The number of carbonyl (C=O) groups is 1. The van der Waals surface area contributed by atoms with Crippen molar-refractivity contribution in [1.29, 1.82) is 0 Å². The van der Waals surface area contributed by atoms with Crippen LogP contribution < -0.4 is 15.4 Å². The molecule has 1 aliphatic rings. The summed E-state index contributed by atoms with van der Waals surface area (Å²) >= 11 is 3.42. The second-order valence-electron chi connectivity index (χ2n) is 4.97. The van der Waals surface area contributed by atoms with E-state index in [4.69, 9.17) is 9.47 Å². The van der Waals surface area contributed by atoms with E-state index >= 15 is 0 Å². The monoisotopic (exact) mass is 342 g/mol. The van der Waals surface area contributed by atoms with Crippen LogP contribution in [0.3, 0.4) is 0 Å². The predicted molar refractivity (Wildman–Crippen MR) is 81.3 cm³/mol. The van der Waals surface area contributed by atoms with E-state index in [2.05, 4.69) is 26.6 Å². The van der Waals surface area contributed by atoms with Gasteiger partial charge >= 0.3 is 6.03 Å². The first-order valence-corrected chi connectivity index (χ1v) is 7.30. The number of benzene rings is 1. The molecule has 0 atom stereocenters. The Bertz CT molecular complexity index is 489. The van der Waals surface area contributed by atoms with Crippen LogP contribution >= 0.6 is 15.9 Å². The van der Waals surface area contributed by atoms with Gasteiger partial charge in [0.2, 0.25) is 0 Å². The SMILES string of the molecule is COCC1(NC(=O)Nc2cccc(OC)c2Br)CCC1. The summed E-state index contributed by atoms with van der Waals surface area (Å²) in [7, 11) is 3.24. The molecule has 1 aliphatic carbocycles. The van der Waals surface area contributed by atoms with Gasteiger partial charge in [-0.25, -0.2) is 4.79 Å². The van der Waals surface area contributed by atoms with E-state index in [0.717, 1.165) is 23.7 Å². The molecule has 1 aromatic carbocycles. The number of anilines is 1. The number of nitrogens with one attached hydrogen (secondary N) is 2. The fraction of sp³-hybridized carbons (Fsp3) is 0.500. The van der Waals surface area contributed by atoms with E-state index in [9.17, 15) is 4.79 Å². The van der Waals surface area contributed by atoms with Gasteiger partial charge < -0.3 is 20.1 Å². The number of ether oxygens (including phenoxy) is 2. The van der Waals surface area contributed by atoms with Crippen LogP contribution in [-0.4, -0.2) is 32.4 Å². The predicted octanol–water partition coefficient (Wildman–Crippen LogP) is 3.15. The van der Waals surface area contributed by atoms with Gasteiger partial charge in [0.15, 0.2) is 0 Å². The fourth-order valence-corrected chi connectivity index (χ4v) is 2.87. The highest BCUT2D eigenvalue weighted by molar-refractivity contribution is 9.10. The number of halogens is 1. The zero-order chi connectivity index (χ0) is 14.6. The largest absolute Gasteiger partial charge is 0.495 e. The van der Waals surface area contributed by atoms with E-state index in [1.807, 2.05) is 18.2 Å². The highest BCUT2D eigenvalue weighted by atomic mass is 79.9. The molecule has 0 spiro atoms. The van der Waals surface area contributed by atoms with E-state index in [1.54, 1.807) is 14.2 Å². The third-order valence-electron chi connectivity index (χ3n) is 3.54. The maximum absolute atomic E-state index is 12.1. The summed E-state index contributed by atoms with van der Waals surface area (Å²) < 4.78 is 11.1. The summed E-state index contributed by atoms with van der Waals surface area (Å²) in [6, 6.07) is 5.24. The number of rotatable bonds is 5. The second kappa shape index (κ2) is 6.45. The Kier molecular flexibility index (Phi) is 4.88. The van der Waals surface area contributed by atoms with Gasteiger partial charge in [-0.2, -0.15) is 0 Å². The first-order chi connectivity index (χ1) is 9.60. The molecule has 0 aliphatic heterocycles. The van der Waals surface area contributed by atoms with Crippen LogP contribution in [0.1, 0.15) is 19.3 Å². The lowest BCUT2D eigenvalue weighted by Gasteiger charge is -2.41. The molecule has 0 aromatic heterocycles. The number of methoxy groups -OCH3 is 2. The van der Waals surface area contributed by atoms with Crippen molar-refractivity contribution in [3.8, 4) is 5.75 Å². The standard InChI is InChI=1S/C14H19BrN2O3/c1-19-9-14(7-4-8-14)17-13(18)16-10-5-3-6-11(20-2)12(10)15/h3,5-6H,4,7-9H2,1-2H3,(H2,16,17,18). The summed E-state index contributed by atoms with van der Waals surface area (Å²) in [6.07, 6.45) is 3.02. The molecule has 0 radical (unpaired) electrons. The molecule has 1 saturated carbocycles. The Morgan fingerprint density at radius 3 is 2.70 bits per heavy atom. The van der Waals surface area contributed by atoms with Crippen LogP contribution in [0.2, 0.25) is 0 Å². The Morgan fingerprint density at radius 2 is 2.15 bits per heavy atom. The van der Waals surface area contributed by atoms with Crippen molar-refractivity contribution in [1.82, 2.24) is 5.32 Å². The molecule has 20 heavy (non-hydrogen) atoms. The van der Waals surface area contributed by atoms with Gasteiger partial charge in [-0.3, -0.25) is 0 Å². The topological polar surface area (TPSA) is 59.6 Å². The zero-order valence-corrected chi connectivity index (χ0v) is 13.2. The molecular weight excluding hydrogens is 324 g/mol. The summed E-state index contributed by atoms with van der Waals surface area (Å²) in [6.45, 7) is 0.541. The molecule has 6 heteroatoms. The van der Waals surface area contributed by atoms with Crippen molar-refractivity contribution < 1.29 is 14.3 Å². The molecule has 2 amide bonds. The zero-order valence-electron chi connectivity index (χ0n) is 11.7. The van der Waals surface area contributed by atoms with Crippen molar-refractivity contribution in [2.45, 2.75) is 24.8 Å². The van der Waals surface area contributed by atoms with Gasteiger partial charge in [0.05, 0.1) is 29.4 Å². The Labute approximate surface area is 127 Å². The van der Waals surface area contributed by atoms with Crippen LogP contribution in [0.4, 0.5) is 10.5 Å². The van der Waals surface area contributed by atoms with Gasteiger partial charge in [0.1, 0.15) is 5.75 Å². The summed E-state index contributed by atoms with van der Waals surface area (Å²) in [5, 5.41) is 5.84. The first-order valence-electron chi connectivity index (χ1n) is 6.51. The minimum absolute atomic E-state index is 0.218. The van der Waals surface area contributed by atoms with E-state index in [1.165, 1.54) is 0 Å². The van der Waals surface area contributed by atoms with Crippen molar-refractivity contribution in [3.05, 3.63) is 22.7 Å². The maximum atomic E-state index is 12.1. The highest BCUT2D eigenvalue weighted by Gasteiger charge is 2.38. The number of amides is 2. The lowest BCUT2D eigenvalue weighted by atomic mass is 9.77. The van der Waals surface area contributed by atoms with Crippen molar-refractivity contribution >= 4 is 27.6 Å². The summed E-state index contributed by atoms with van der Waals surface area (Å²) in [5.74, 6) is 0.679. The van der Waals surface area contributed by atoms with Crippen LogP contribution in [0.15, 0.2) is 22.7 Å². The number of urea groups is 1. The molecule has 2 N–H and O–H groups in total. The number of hydrogen-bond donors (Lipinski definition) is 2. The van der Waals surface area contributed by atoms with Gasteiger partial charge in [-0.05, 0) is 47.3 Å². The van der Waals surface area contributed by atoms with Crippen molar-refractivity contribution in [2.75, 3.05) is 26.1 Å². The van der Waals surface area contributed by atoms with Gasteiger partial charge in [-0.15, -0.1) is 0 Å². The molecule has 0 bridgehead atoms.